The molecule has 3 aromatic rings. The van der Waals surface area contributed by atoms with Gasteiger partial charge in [-0.1, -0.05) is 12.1 Å². The van der Waals surface area contributed by atoms with Gasteiger partial charge >= 0.3 is 0 Å². The quantitative estimate of drug-likeness (QED) is 0.509. The Morgan fingerprint density at radius 1 is 0.917 bits per heavy atom. The van der Waals surface area contributed by atoms with E-state index in [1.807, 2.05) is 42.5 Å². The highest BCUT2D eigenvalue weighted by Gasteiger charge is 2.01. The van der Waals surface area contributed by atoms with Crippen molar-refractivity contribution in [1.29, 1.82) is 0 Å². The molecule has 0 aliphatic rings. The number of benzene rings is 2. The van der Waals surface area contributed by atoms with Crippen molar-refractivity contribution in [2.45, 2.75) is 12.8 Å². The molecule has 0 amide bonds. The predicted molar refractivity (Wildman–Crippen MR) is 92.7 cm³/mol. The highest BCUT2D eigenvalue weighted by Crippen LogP contribution is 2.24. The summed E-state index contributed by atoms with van der Waals surface area (Å²) in [5, 5.41) is 0. The topological polar surface area (TPSA) is 81.2 Å². The number of thiol groups is 1. The van der Waals surface area contributed by atoms with Crippen LogP contribution in [0.15, 0.2) is 54.9 Å². The first-order valence-corrected chi connectivity index (χ1v) is 8.74. The second-order valence-corrected chi connectivity index (χ2v) is 6.05. The van der Waals surface area contributed by atoms with Crippen molar-refractivity contribution >= 4 is 21.9 Å². The third kappa shape index (κ3) is 4.50. The zero-order valence-electron chi connectivity index (χ0n) is 12.9. The maximum atomic E-state index is 10.4. The summed E-state index contributed by atoms with van der Waals surface area (Å²) in [6, 6.07) is 13.3. The zero-order valence-corrected chi connectivity index (χ0v) is 13.8. The predicted octanol–water partition coefficient (Wildman–Crippen LogP) is 2.47. The van der Waals surface area contributed by atoms with Gasteiger partial charge in [0.2, 0.25) is 10.9 Å². The molecule has 0 bridgehead atoms. The van der Waals surface area contributed by atoms with Gasteiger partial charge in [0.1, 0.15) is 11.5 Å². The Labute approximate surface area is 141 Å². The number of rotatable bonds is 7. The molecule has 0 atom stereocenters. The number of ether oxygens (including phenoxy) is 1. The molecule has 6 nitrogen and oxygen atoms in total. The van der Waals surface area contributed by atoms with Crippen molar-refractivity contribution in [2.75, 3.05) is 6.54 Å². The lowest BCUT2D eigenvalue weighted by Gasteiger charge is -2.07. The maximum Gasteiger partial charge on any atom is 0.201 e. The monoisotopic (exact) mass is 343 g/mol. The van der Waals surface area contributed by atoms with Crippen LogP contribution >= 0.6 is 0 Å². The normalized spacial score (nSPS) is 11.0. The minimum atomic E-state index is -2.51. The van der Waals surface area contributed by atoms with Crippen molar-refractivity contribution < 1.29 is 13.2 Å². The van der Waals surface area contributed by atoms with E-state index in [-0.39, 0.29) is 0 Å². The van der Waals surface area contributed by atoms with Crippen molar-refractivity contribution in [2.24, 2.45) is 0 Å². The number of hydrogen-bond acceptors (Lipinski definition) is 5. The fraction of sp³-hybridized carbons (Fsp3) is 0.176. The van der Waals surface area contributed by atoms with Crippen LogP contribution in [0.5, 0.6) is 11.5 Å². The highest BCUT2D eigenvalue weighted by atomic mass is 32.2. The molecule has 0 spiro atoms. The van der Waals surface area contributed by atoms with E-state index in [9.17, 15) is 8.42 Å². The van der Waals surface area contributed by atoms with E-state index in [0.29, 0.717) is 12.3 Å². The lowest BCUT2D eigenvalue weighted by molar-refractivity contribution is 0.483. The molecule has 7 heteroatoms. The molecule has 1 N–H and O–H groups in total. The first kappa shape index (κ1) is 16.4. The molecule has 0 radical (unpaired) electrons. The van der Waals surface area contributed by atoms with E-state index in [4.69, 9.17) is 4.74 Å². The van der Waals surface area contributed by atoms with Crippen LogP contribution in [-0.4, -0.2) is 24.9 Å². The lowest BCUT2D eigenvalue weighted by atomic mass is 10.1. The number of fused-ring (bicyclic) bond motifs is 1. The molecule has 1 heterocycles. The smallest absolute Gasteiger partial charge is 0.201 e. The van der Waals surface area contributed by atoms with E-state index < -0.39 is 10.9 Å². The fourth-order valence-electron chi connectivity index (χ4n) is 2.33. The van der Waals surface area contributed by atoms with Crippen LogP contribution in [0.4, 0.5) is 0 Å². The van der Waals surface area contributed by atoms with Crippen LogP contribution in [0, 0.1) is 0 Å². The van der Waals surface area contributed by atoms with Gasteiger partial charge in [0, 0.05) is 25.0 Å². The van der Waals surface area contributed by atoms with Crippen molar-refractivity contribution in [3.8, 4) is 11.5 Å². The maximum absolute atomic E-state index is 10.4. The number of hydrogen-bond donors (Lipinski definition) is 2. The SMILES string of the molecule is O=[SH](=O)NCCCc1ccc(Oc2ccc3nccnc3c2)cc1. The molecule has 0 aliphatic carbocycles. The fourth-order valence-corrected chi connectivity index (χ4v) is 2.67. The van der Waals surface area contributed by atoms with Crippen LogP contribution < -0.4 is 9.46 Å². The average molecular weight is 343 g/mol. The van der Waals surface area contributed by atoms with Gasteiger partial charge in [-0.25, -0.2) is 13.1 Å². The van der Waals surface area contributed by atoms with Gasteiger partial charge in [0.05, 0.1) is 11.0 Å². The van der Waals surface area contributed by atoms with Gasteiger partial charge in [0.15, 0.2) is 0 Å². The summed E-state index contributed by atoms with van der Waals surface area (Å²) in [7, 11) is -2.51. The summed E-state index contributed by atoms with van der Waals surface area (Å²) in [5.74, 6) is 1.45. The number of aromatic nitrogens is 2. The van der Waals surface area contributed by atoms with E-state index in [0.717, 1.165) is 35.2 Å². The Hall–Kier alpha value is -2.51. The molecule has 3 rings (SSSR count). The number of nitrogens with zero attached hydrogens (tertiary/aromatic N) is 2. The first-order valence-electron chi connectivity index (χ1n) is 7.56. The van der Waals surface area contributed by atoms with Crippen LogP contribution in [0.2, 0.25) is 0 Å². The molecular weight excluding hydrogens is 326 g/mol. The summed E-state index contributed by atoms with van der Waals surface area (Å²) in [6.07, 6.45) is 4.88. The van der Waals surface area contributed by atoms with Crippen molar-refractivity contribution in [1.82, 2.24) is 14.7 Å². The molecule has 0 aliphatic heterocycles. The molecule has 2 aromatic carbocycles. The largest absolute Gasteiger partial charge is 0.457 e. The molecule has 124 valence electrons. The number of nitrogens with one attached hydrogen (secondary N) is 1. The Balaban J connectivity index is 1.60. The van der Waals surface area contributed by atoms with Crippen molar-refractivity contribution in [3.63, 3.8) is 0 Å². The Morgan fingerprint density at radius 3 is 2.38 bits per heavy atom. The highest BCUT2D eigenvalue weighted by molar-refractivity contribution is 7.70. The molecule has 0 fully saturated rings. The van der Waals surface area contributed by atoms with Gasteiger partial charge in [-0.2, -0.15) is 0 Å². The first-order chi connectivity index (χ1) is 11.7. The van der Waals surface area contributed by atoms with Gasteiger partial charge in [0.25, 0.3) is 0 Å². The summed E-state index contributed by atoms with van der Waals surface area (Å²) < 4.78 is 29.1. The Morgan fingerprint density at radius 2 is 1.62 bits per heavy atom. The second kappa shape index (κ2) is 7.85. The van der Waals surface area contributed by atoms with Crippen LogP contribution in [0.1, 0.15) is 12.0 Å². The average Bonchev–Trinajstić information content (AvgIpc) is 2.60. The van der Waals surface area contributed by atoms with E-state index in [1.165, 1.54) is 0 Å². The molecule has 0 saturated carbocycles. The third-order valence-corrected chi connectivity index (χ3v) is 3.96. The second-order valence-electron chi connectivity index (χ2n) is 5.22. The van der Waals surface area contributed by atoms with Crippen LogP contribution in [-0.2, 0) is 17.3 Å². The molecule has 0 saturated heterocycles. The minimum Gasteiger partial charge on any atom is -0.457 e. The van der Waals surface area contributed by atoms with Crippen molar-refractivity contribution in [3.05, 3.63) is 60.4 Å². The van der Waals surface area contributed by atoms with Gasteiger partial charge in [-0.15, -0.1) is 0 Å². The van der Waals surface area contributed by atoms with Crippen LogP contribution in [0.25, 0.3) is 11.0 Å². The van der Waals surface area contributed by atoms with E-state index >= 15 is 0 Å². The molecular formula is C17H17N3O3S. The Kier molecular flexibility index (Phi) is 5.35. The van der Waals surface area contributed by atoms with Crippen LogP contribution in [0.3, 0.4) is 0 Å². The van der Waals surface area contributed by atoms with Gasteiger partial charge < -0.3 is 4.74 Å². The minimum absolute atomic E-state index is 0.453. The Bertz CT molecular complexity index is 887. The third-order valence-electron chi connectivity index (χ3n) is 3.48. The standard InChI is InChI=1S/C17H17N3O3S/c21-24(22)20-9-1-2-13-3-5-14(6-4-13)23-15-7-8-16-17(12-15)19-11-10-18-16/h3-8,10-12,24H,1-2,9H2,(H,20,21,22). The zero-order chi connectivity index (χ0) is 16.8. The lowest BCUT2D eigenvalue weighted by Crippen LogP contribution is -2.13. The molecule has 24 heavy (non-hydrogen) atoms. The van der Waals surface area contributed by atoms with E-state index in [1.54, 1.807) is 12.4 Å². The summed E-state index contributed by atoms with van der Waals surface area (Å²) in [6.45, 7) is 0.453. The summed E-state index contributed by atoms with van der Waals surface area (Å²) >= 11 is 0. The van der Waals surface area contributed by atoms with Gasteiger partial charge in [-0.05, 0) is 42.7 Å². The summed E-state index contributed by atoms with van der Waals surface area (Å²) in [4.78, 5) is 8.49. The van der Waals surface area contributed by atoms with Gasteiger partial charge in [-0.3, -0.25) is 9.97 Å². The number of aryl methyl sites for hydroxylation is 1. The van der Waals surface area contributed by atoms with E-state index in [2.05, 4.69) is 14.7 Å². The molecule has 1 aromatic heterocycles. The summed E-state index contributed by atoms with van der Waals surface area (Å²) in [5.41, 5.74) is 2.75. The molecule has 0 unspecified atom stereocenters.